The molecule has 0 aromatic heterocycles. The third-order valence-electron chi connectivity index (χ3n) is 1.42. The second-order valence-electron chi connectivity index (χ2n) is 2.47. The summed E-state index contributed by atoms with van der Waals surface area (Å²) in [7, 11) is 0. The SMILES string of the molecule is C=CCN(CCC(N)=S)C(C)=O. The van der Waals surface area contributed by atoms with Gasteiger partial charge in [0.25, 0.3) is 0 Å². The highest BCUT2D eigenvalue weighted by Gasteiger charge is 2.05. The molecule has 1 amide bonds. The Labute approximate surface area is 78.2 Å². The van der Waals surface area contributed by atoms with Crippen molar-refractivity contribution in [2.45, 2.75) is 13.3 Å². The van der Waals surface area contributed by atoms with E-state index in [9.17, 15) is 4.79 Å². The van der Waals surface area contributed by atoms with Gasteiger partial charge < -0.3 is 10.6 Å². The van der Waals surface area contributed by atoms with Crippen molar-refractivity contribution < 1.29 is 4.79 Å². The van der Waals surface area contributed by atoms with Crippen molar-refractivity contribution in [2.75, 3.05) is 13.1 Å². The van der Waals surface area contributed by atoms with Crippen molar-refractivity contribution in [3.8, 4) is 0 Å². The van der Waals surface area contributed by atoms with E-state index in [0.29, 0.717) is 24.5 Å². The Balaban J connectivity index is 3.86. The first kappa shape index (κ1) is 11.1. The molecule has 0 rings (SSSR count). The lowest BCUT2D eigenvalue weighted by Gasteiger charge is -2.18. The Morgan fingerprint density at radius 1 is 1.75 bits per heavy atom. The van der Waals surface area contributed by atoms with E-state index in [2.05, 4.69) is 6.58 Å². The van der Waals surface area contributed by atoms with Crippen molar-refractivity contribution in [2.24, 2.45) is 5.73 Å². The minimum Gasteiger partial charge on any atom is -0.393 e. The van der Waals surface area contributed by atoms with Gasteiger partial charge >= 0.3 is 0 Å². The first-order valence-corrected chi connectivity index (χ1v) is 4.13. The maximum atomic E-state index is 10.9. The average Bonchev–Trinajstić information content (AvgIpc) is 1.96. The van der Waals surface area contributed by atoms with Gasteiger partial charge in [-0.2, -0.15) is 0 Å². The summed E-state index contributed by atoms with van der Waals surface area (Å²) in [5, 5.41) is 0. The van der Waals surface area contributed by atoms with E-state index < -0.39 is 0 Å². The van der Waals surface area contributed by atoms with Gasteiger partial charge in [-0.05, 0) is 0 Å². The summed E-state index contributed by atoms with van der Waals surface area (Å²) in [5.74, 6) is 0.0196. The molecule has 0 spiro atoms. The standard InChI is InChI=1S/C8H14N2OS/c1-3-5-10(7(2)11)6-4-8(9)12/h3H,1,4-6H2,2H3,(H2,9,12). The van der Waals surface area contributed by atoms with Crippen LogP contribution >= 0.6 is 12.2 Å². The monoisotopic (exact) mass is 186 g/mol. The predicted octanol–water partition coefficient (Wildman–Crippen LogP) is 0.697. The summed E-state index contributed by atoms with van der Waals surface area (Å²) in [6.07, 6.45) is 2.25. The van der Waals surface area contributed by atoms with Crippen molar-refractivity contribution >= 4 is 23.1 Å². The lowest BCUT2D eigenvalue weighted by atomic mass is 10.3. The van der Waals surface area contributed by atoms with Gasteiger partial charge in [0.2, 0.25) is 5.91 Å². The summed E-state index contributed by atoms with van der Waals surface area (Å²) < 4.78 is 0. The van der Waals surface area contributed by atoms with Crippen molar-refractivity contribution in [1.82, 2.24) is 4.90 Å². The normalized spacial score (nSPS) is 9.08. The van der Waals surface area contributed by atoms with Crippen LogP contribution in [0.15, 0.2) is 12.7 Å². The van der Waals surface area contributed by atoms with Crippen LogP contribution in [0.1, 0.15) is 13.3 Å². The van der Waals surface area contributed by atoms with E-state index in [-0.39, 0.29) is 5.91 Å². The summed E-state index contributed by atoms with van der Waals surface area (Å²) in [6, 6.07) is 0. The summed E-state index contributed by atoms with van der Waals surface area (Å²) in [4.78, 5) is 13.0. The number of amides is 1. The number of carbonyl (C=O) groups excluding carboxylic acids is 1. The molecule has 0 saturated carbocycles. The van der Waals surface area contributed by atoms with Crippen molar-refractivity contribution in [3.05, 3.63) is 12.7 Å². The van der Waals surface area contributed by atoms with Gasteiger partial charge in [-0.15, -0.1) is 6.58 Å². The fraction of sp³-hybridized carbons (Fsp3) is 0.500. The number of nitrogens with zero attached hydrogens (tertiary/aromatic N) is 1. The van der Waals surface area contributed by atoms with Crippen molar-refractivity contribution in [3.63, 3.8) is 0 Å². The van der Waals surface area contributed by atoms with Crippen LogP contribution in [0.5, 0.6) is 0 Å². The van der Waals surface area contributed by atoms with Crippen LogP contribution in [-0.2, 0) is 4.79 Å². The summed E-state index contributed by atoms with van der Waals surface area (Å²) >= 11 is 4.70. The van der Waals surface area contributed by atoms with E-state index in [1.165, 1.54) is 6.92 Å². The van der Waals surface area contributed by atoms with E-state index in [0.717, 1.165) is 0 Å². The van der Waals surface area contributed by atoms with Gasteiger partial charge in [-0.3, -0.25) is 4.79 Å². The first-order valence-electron chi connectivity index (χ1n) is 3.72. The number of rotatable bonds is 5. The second-order valence-corrected chi connectivity index (χ2v) is 2.99. The van der Waals surface area contributed by atoms with Crippen LogP contribution in [0.4, 0.5) is 0 Å². The average molecular weight is 186 g/mol. The number of hydrogen-bond donors (Lipinski definition) is 1. The van der Waals surface area contributed by atoms with Crippen LogP contribution in [0.2, 0.25) is 0 Å². The van der Waals surface area contributed by atoms with E-state index in [1.807, 2.05) is 0 Å². The molecule has 0 radical (unpaired) electrons. The smallest absolute Gasteiger partial charge is 0.219 e. The number of carbonyl (C=O) groups is 1. The van der Waals surface area contributed by atoms with Crippen molar-refractivity contribution in [1.29, 1.82) is 0 Å². The van der Waals surface area contributed by atoms with E-state index in [4.69, 9.17) is 18.0 Å². The van der Waals surface area contributed by atoms with Gasteiger partial charge in [0.15, 0.2) is 0 Å². The fourth-order valence-corrected chi connectivity index (χ4v) is 0.870. The van der Waals surface area contributed by atoms with Crippen LogP contribution in [-0.4, -0.2) is 28.9 Å². The number of hydrogen-bond acceptors (Lipinski definition) is 2. The Hall–Kier alpha value is -0.900. The van der Waals surface area contributed by atoms with Gasteiger partial charge in [-0.25, -0.2) is 0 Å². The zero-order chi connectivity index (χ0) is 9.56. The van der Waals surface area contributed by atoms with Gasteiger partial charge in [0.05, 0.1) is 4.99 Å². The third kappa shape index (κ3) is 4.85. The quantitative estimate of drug-likeness (QED) is 0.508. The molecule has 68 valence electrons. The Bertz CT molecular complexity index is 191. The molecule has 0 aliphatic carbocycles. The molecule has 4 heteroatoms. The maximum Gasteiger partial charge on any atom is 0.219 e. The topological polar surface area (TPSA) is 46.3 Å². The molecular weight excluding hydrogens is 172 g/mol. The highest BCUT2D eigenvalue weighted by atomic mass is 32.1. The molecule has 0 aromatic carbocycles. The van der Waals surface area contributed by atoms with Gasteiger partial charge in [-0.1, -0.05) is 18.3 Å². The molecule has 2 N–H and O–H groups in total. The molecule has 0 aliphatic rings. The lowest BCUT2D eigenvalue weighted by molar-refractivity contribution is -0.128. The Morgan fingerprint density at radius 3 is 2.67 bits per heavy atom. The zero-order valence-electron chi connectivity index (χ0n) is 7.25. The van der Waals surface area contributed by atoms with Crippen LogP contribution in [0, 0.1) is 0 Å². The van der Waals surface area contributed by atoms with Crippen LogP contribution in [0.25, 0.3) is 0 Å². The zero-order valence-corrected chi connectivity index (χ0v) is 8.06. The Morgan fingerprint density at radius 2 is 2.33 bits per heavy atom. The molecular formula is C8H14N2OS. The maximum absolute atomic E-state index is 10.9. The molecule has 0 saturated heterocycles. The second kappa shape index (κ2) is 5.71. The predicted molar refractivity (Wildman–Crippen MR) is 53.9 cm³/mol. The van der Waals surface area contributed by atoms with Gasteiger partial charge in [0.1, 0.15) is 0 Å². The minimum atomic E-state index is 0.0196. The van der Waals surface area contributed by atoms with E-state index >= 15 is 0 Å². The molecule has 0 unspecified atom stereocenters. The number of nitrogens with two attached hydrogens (primary N) is 1. The largest absolute Gasteiger partial charge is 0.393 e. The molecule has 12 heavy (non-hydrogen) atoms. The third-order valence-corrected chi connectivity index (χ3v) is 1.63. The molecule has 0 aliphatic heterocycles. The van der Waals surface area contributed by atoms with Gasteiger partial charge in [0, 0.05) is 26.4 Å². The lowest BCUT2D eigenvalue weighted by Crippen LogP contribution is -2.31. The minimum absolute atomic E-state index is 0.0196. The summed E-state index contributed by atoms with van der Waals surface area (Å²) in [5.41, 5.74) is 5.30. The van der Waals surface area contributed by atoms with Crippen LogP contribution < -0.4 is 5.73 Å². The van der Waals surface area contributed by atoms with E-state index in [1.54, 1.807) is 11.0 Å². The highest BCUT2D eigenvalue weighted by molar-refractivity contribution is 7.80. The number of thiocarbonyl (C=S) groups is 1. The molecule has 0 bridgehead atoms. The summed E-state index contributed by atoms with van der Waals surface area (Å²) in [6.45, 7) is 6.20. The molecule has 0 atom stereocenters. The molecule has 0 aromatic rings. The molecule has 0 fully saturated rings. The van der Waals surface area contributed by atoms with Crippen LogP contribution in [0.3, 0.4) is 0 Å². The molecule has 0 heterocycles. The Kier molecular flexibility index (Phi) is 5.28. The fourth-order valence-electron chi connectivity index (χ4n) is 0.778. The highest BCUT2D eigenvalue weighted by Crippen LogP contribution is 1.93. The molecule has 3 nitrogen and oxygen atoms in total. The first-order chi connectivity index (χ1) is 5.57.